The van der Waals surface area contributed by atoms with E-state index in [-0.39, 0.29) is 25.6 Å². The van der Waals surface area contributed by atoms with Crippen LogP contribution in [-0.2, 0) is 23.9 Å². The zero-order valence-corrected chi connectivity index (χ0v) is 18.6. The first-order valence-corrected chi connectivity index (χ1v) is 10.7. The standard InChI is InChI=1S/C24H28N2O7/c1-3-15(12-22(27)26-33-21(14-31-2)23(28)29)25-24(30)32-13-20-18-10-6-4-8-16(18)17-9-5-7-11-19(17)20/h4-11,15,20-21H,3,12-14H2,1-2H3,(H,25,30)(H,26,27)(H,28,29). The van der Waals surface area contributed by atoms with Crippen molar-refractivity contribution in [3.05, 3.63) is 59.7 Å². The van der Waals surface area contributed by atoms with E-state index < -0.39 is 30.1 Å². The van der Waals surface area contributed by atoms with Crippen molar-refractivity contribution in [2.24, 2.45) is 0 Å². The molecule has 0 saturated heterocycles. The molecule has 0 saturated carbocycles. The van der Waals surface area contributed by atoms with Gasteiger partial charge in [-0.15, -0.1) is 0 Å². The number of alkyl carbamates (subject to hydrolysis) is 1. The van der Waals surface area contributed by atoms with Crippen LogP contribution in [0, 0.1) is 0 Å². The predicted octanol–water partition coefficient (Wildman–Crippen LogP) is 2.84. The number of ether oxygens (including phenoxy) is 2. The Balaban J connectivity index is 1.51. The molecule has 0 bridgehead atoms. The zero-order valence-electron chi connectivity index (χ0n) is 18.6. The van der Waals surface area contributed by atoms with Crippen molar-refractivity contribution in [2.45, 2.75) is 37.8 Å². The van der Waals surface area contributed by atoms with Crippen molar-refractivity contribution in [1.29, 1.82) is 0 Å². The number of carbonyl (C=O) groups excluding carboxylic acids is 2. The SMILES string of the molecule is CCC(CC(=O)NOC(COC)C(=O)O)NC(=O)OCC1c2ccccc2-c2ccccc21. The second kappa shape index (κ2) is 11.4. The van der Waals surface area contributed by atoms with Crippen molar-refractivity contribution in [2.75, 3.05) is 20.3 Å². The minimum absolute atomic E-state index is 0.0614. The van der Waals surface area contributed by atoms with Gasteiger partial charge < -0.3 is 19.9 Å². The van der Waals surface area contributed by atoms with E-state index in [1.165, 1.54) is 7.11 Å². The first-order valence-electron chi connectivity index (χ1n) is 10.7. The number of carbonyl (C=O) groups is 3. The molecule has 0 spiro atoms. The molecule has 176 valence electrons. The molecule has 0 heterocycles. The smallest absolute Gasteiger partial charge is 0.407 e. The third-order valence-electron chi connectivity index (χ3n) is 5.50. The summed E-state index contributed by atoms with van der Waals surface area (Å²) < 4.78 is 10.2. The van der Waals surface area contributed by atoms with Gasteiger partial charge in [0.15, 0.2) is 0 Å². The lowest BCUT2D eigenvalue weighted by Crippen LogP contribution is -2.42. The lowest BCUT2D eigenvalue weighted by molar-refractivity contribution is -0.165. The lowest BCUT2D eigenvalue weighted by atomic mass is 9.98. The van der Waals surface area contributed by atoms with E-state index in [0.717, 1.165) is 22.3 Å². The van der Waals surface area contributed by atoms with Crippen LogP contribution < -0.4 is 10.8 Å². The molecular weight excluding hydrogens is 428 g/mol. The number of nitrogens with one attached hydrogen (secondary N) is 2. The van der Waals surface area contributed by atoms with E-state index >= 15 is 0 Å². The van der Waals surface area contributed by atoms with E-state index in [4.69, 9.17) is 19.4 Å². The maximum absolute atomic E-state index is 12.4. The Morgan fingerprint density at radius 2 is 1.64 bits per heavy atom. The van der Waals surface area contributed by atoms with Gasteiger partial charge in [-0.05, 0) is 28.7 Å². The molecule has 0 radical (unpaired) electrons. The van der Waals surface area contributed by atoms with Gasteiger partial charge in [0.25, 0.3) is 0 Å². The number of fused-ring (bicyclic) bond motifs is 3. The van der Waals surface area contributed by atoms with Crippen LogP contribution in [0.15, 0.2) is 48.5 Å². The average molecular weight is 456 g/mol. The van der Waals surface area contributed by atoms with Gasteiger partial charge in [-0.25, -0.2) is 15.1 Å². The van der Waals surface area contributed by atoms with Crippen LogP contribution in [0.4, 0.5) is 4.79 Å². The number of benzene rings is 2. The number of hydrogen-bond donors (Lipinski definition) is 3. The number of hydrogen-bond acceptors (Lipinski definition) is 6. The summed E-state index contributed by atoms with van der Waals surface area (Å²) in [5, 5.41) is 11.7. The van der Waals surface area contributed by atoms with Gasteiger partial charge in [0.05, 0.1) is 6.61 Å². The number of amides is 2. The summed E-state index contributed by atoms with van der Waals surface area (Å²) in [6.07, 6.45) is -1.58. The average Bonchev–Trinajstić information content (AvgIpc) is 3.13. The first kappa shape index (κ1) is 24.2. The molecule has 2 unspecified atom stereocenters. The van der Waals surface area contributed by atoms with Crippen molar-refractivity contribution < 1.29 is 33.8 Å². The fourth-order valence-corrected chi connectivity index (χ4v) is 3.81. The van der Waals surface area contributed by atoms with Gasteiger partial charge in [0.1, 0.15) is 6.61 Å². The van der Waals surface area contributed by atoms with Crippen molar-refractivity contribution in [3.8, 4) is 11.1 Å². The van der Waals surface area contributed by atoms with Crippen LogP contribution in [0.25, 0.3) is 11.1 Å². The summed E-state index contributed by atoms with van der Waals surface area (Å²) in [5.74, 6) is -1.89. The summed E-state index contributed by atoms with van der Waals surface area (Å²) in [6, 6.07) is 15.6. The number of rotatable bonds is 11. The predicted molar refractivity (Wildman–Crippen MR) is 119 cm³/mol. The first-order chi connectivity index (χ1) is 15.9. The number of methoxy groups -OCH3 is 1. The van der Waals surface area contributed by atoms with Crippen LogP contribution in [0.5, 0.6) is 0 Å². The molecule has 1 aliphatic rings. The van der Waals surface area contributed by atoms with Gasteiger partial charge in [-0.2, -0.15) is 0 Å². The molecule has 0 aromatic heterocycles. The minimum Gasteiger partial charge on any atom is -0.479 e. The highest BCUT2D eigenvalue weighted by molar-refractivity contribution is 5.79. The highest BCUT2D eigenvalue weighted by atomic mass is 16.7. The van der Waals surface area contributed by atoms with E-state index in [1.807, 2.05) is 43.3 Å². The van der Waals surface area contributed by atoms with Gasteiger partial charge in [0.2, 0.25) is 12.0 Å². The van der Waals surface area contributed by atoms with Crippen LogP contribution in [0.3, 0.4) is 0 Å². The van der Waals surface area contributed by atoms with E-state index in [0.29, 0.717) is 6.42 Å². The maximum atomic E-state index is 12.4. The Kier molecular flexibility index (Phi) is 8.39. The molecule has 2 atom stereocenters. The minimum atomic E-state index is -1.32. The molecule has 3 rings (SSSR count). The van der Waals surface area contributed by atoms with E-state index in [1.54, 1.807) is 0 Å². The molecular formula is C24H28N2O7. The van der Waals surface area contributed by atoms with Gasteiger partial charge >= 0.3 is 12.1 Å². The van der Waals surface area contributed by atoms with Gasteiger partial charge in [-0.3, -0.25) is 9.63 Å². The summed E-state index contributed by atoms with van der Waals surface area (Å²) >= 11 is 0. The lowest BCUT2D eigenvalue weighted by Gasteiger charge is -2.19. The normalized spacial score (nSPS) is 14.0. The Morgan fingerprint density at radius 1 is 1.03 bits per heavy atom. The molecule has 2 aromatic rings. The molecule has 2 aromatic carbocycles. The number of carboxylic acids is 1. The molecule has 0 fully saturated rings. The van der Waals surface area contributed by atoms with Gasteiger partial charge in [0, 0.05) is 25.5 Å². The van der Waals surface area contributed by atoms with Crippen LogP contribution in [0.1, 0.15) is 36.8 Å². The number of carboxylic acid groups (broad SMARTS) is 1. The second-order valence-electron chi connectivity index (χ2n) is 7.70. The Labute approximate surface area is 192 Å². The van der Waals surface area contributed by atoms with Crippen molar-refractivity contribution in [1.82, 2.24) is 10.8 Å². The number of aliphatic carboxylic acids is 1. The second-order valence-corrected chi connectivity index (χ2v) is 7.70. The summed E-state index contributed by atoms with van der Waals surface area (Å²) in [5.41, 5.74) is 6.59. The molecule has 9 nitrogen and oxygen atoms in total. The van der Waals surface area contributed by atoms with Gasteiger partial charge in [-0.1, -0.05) is 55.5 Å². The maximum Gasteiger partial charge on any atom is 0.407 e. The molecule has 9 heteroatoms. The summed E-state index contributed by atoms with van der Waals surface area (Å²) in [6.45, 7) is 1.77. The summed E-state index contributed by atoms with van der Waals surface area (Å²) in [4.78, 5) is 40.4. The van der Waals surface area contributed by atoms with Crippen LogP contribution in [-0.4, -0.2) is 55.5 Å². The Bertz CT molecular complexity index is 949. The fraction of sp³-hybridized carbons (Fsp3) is 0.375. The Hall–Kier alpha value is -3.43. The van der Waals surface area contributed by atoms with E-state index in [2.05, 4.69) is 22.9 Å². The topological polar surface area (TPSA) is 123 Å². The highest BCUT2D eigenvalue weighted by Crippen LogP contribution is 2.44. The molecule has 2 amide bonds. The van der Waals surface area contributed by atoms with Crippen molar-refractivity contribution in [3.63, 3.8) is 0 Å². The molecule has 0 aliphatic heterocycles. The van der Waals surface area contributed by atoms with E-state index in [9.17, 15) is 14.4 Å². The molecule has 33 heavy (non-hydrogen) atoms. The zero-order chi connectivity index (χ0) is 23.8. The summed E-state index contributed by atoms with van der Waals surface area (Å²) in [7, 11) is 1.33. The van der Waals surface area contributed by atoms with Crippen LogP contribution in [0.2, 0.25) is 0 Å². The Morgan fingerprint density at radius 3 is 2.18 bits per heavy atom. The fourth-order valence-electron chi connectivity index (χ4n) is 3.81. The molecule has 1 aliphatic carbocycles. The van der Waals surface area contributed by atoms with Crippen LogP contribution >= 0.6 is 0 Å². The third kappa shape index (κ3) is 6.09. The third-order valence-corrected chi connectivity index (χ3v) is 5.50. The number of hydroxylamine groups is 1. The monoisotopic (exact) mass is 456 g/mol. The highest BCUT2D eigenvalue weighted by Gasteiger charge is 2.29. The largest absolute Gasteiger partial charge is 0.479 e. The quantitative estimate of drug-likeness (QED) is 0.444. The molecule has 3 N–H and O–H groups in total. The van der Waals surface area contributed by atoms with Crippen molar-refractivity contribution >= 4 is 18.0 Å².